The van der Waals surface area contributed by atoms with Gasteiger partial charge in [0, 0.05) is 25.2 Å². The van der Waals surface area contributed by atoms with Gasteiger partial charge in [0.05, 0.1) is 0 Å². The number of aryl methyl sites for hydroxylation is 1. The largest absolute Gasteiger partial charge is 0.444 e. The minimum Gasteiger partial charge on any atom is -0.444 e. The van der Waals surface area contributed by atoms with Crippen molar-refractivity contribution in [2.24, 2.45) is 0 Å². The average molecular weight is 290 g/mol. The van der Waals surface area contributed by atoms with Gasteiger partial charge in [-0.1, -0.05) is 29.8 Å². The summed E-state index contributed by atoms with van der Waals surface area (Å²) in [6.45, 7) is 11.4. The molecule has 4 heteroatoms. The molecule has 0 spiro atoms. The molecule has 0 unspecified atom stereocenters. The Balaban J connectivity index is 1.79. The van der Waals surface area contributed by atoms with Crippen LogP contribution >= 0.6 is 0 Å². The minimum absolute atomic E-state index is 0.219. The first-order valence-electron chi connectivity index (χ1n) is 7.55. The first-order valence-corrected chi connectivity index (χ1v) is 7.55. The quantitative estimate of drug-likeness (QED) is 0.929. The maximum absolute atomic E-state index is 11.9. The summed E-state index contributed by atoms with van der Waals surface area (Å²) >= 11 is 0. The summed E-state index contributed by atoms with van der Waals surface area (Å²) in [6, 6.07) is 9.14. The van der Waals surface area contributed by atoms with Crippen LogP contribution in [0.3, 0.4) is 0 Å². The van der Waals surface area contributed by atoms with Crippen molar-refractivity contribution in [2.75, 3.05) is 13.1 Å². The maximum Gasteiger partial charge on any atom is 0.410 e. The number of rotatable bonds is 3. The summed E-state index contributed by atoms with van der Waals surface area (Å²) in [5.74, 6) is 0. The standard InChI is InChI=1S/C17H26N2O2/c1-12-7-6-8-14(9-12)13(2)18-15-10-19(11-15)16(20)21-17(3,4)5/h6-9,13,15,18H,10-11H2,1-5H3/t13-/m1/s1. The normalized spacial score (nSPS) is 17.3. The van der Waals surface area contributed by atoms with Crippen LogP contribution in [0, 0.1) is 6.92 Å². The number of ether oxygens (including phenoxy) is 1. The first kappa shape index (κ1) is 15.8. The smallest absolute Gasteiger partial charge is 0.410 e. The molecule has 1 heterocycles. The van der Waals surface area contributed by atoms with Crippen LogP contribution in [0.4, 0.5) is 4.79 Å². The van der Waals surface area contributed by atoms with Crippen LogP contribution in [-0.2, 0) is 4.74 Å². The van der Waals surface area contributed by atoms with E-state index in [1.807, 2.05) is 20.8 Å². The molecule has 0 saturated carbocycles. The molecular formula is C17H26N2O2. The predicted molar refractivity (Wildman–Crippen MR) is 84.3 cm³/mol. The molecule has 21 heavy (non-hydrogen) atoms. The zero-order valence-corrected chi connectivity index (χ0v) is 13.6. The zero-order chi connectivity index (χ0) is 15.6. The van der Waals surface area contributed by atoms with E-state index < -0.39 is 5.60 Å². The van der Waals surface area contributed by atoms with Gasteiger partial charge >= 0.3 is 6.09 Å². The van der Waals surface area contributed by atoms with Crippen molar-refractivity contribution in [3.05, 3.63) is 35.4 Å². The first-order chi connectivity index (χ1) is 9.74. The molecule has 4 nitrogen and oxygen atoms in total. The minimum atomic E-state index is -0.426. The molecule has 0 bridgehead atoms. The van der Waals surface area contributed by atoms with E-state index in [9.17, 15) is 4.79 Å². The lowest BCUT2D eigenvalue weighted by atomic mass is 10.0. The topological polar surface area (TPSA) is 41.6 Å². The molecule has 0 aliphatic carbocycles. The maximum atomic E-state index is 11.9. The SMILES string of the molecule is Cc1cccc([C@@H](C)NC2CN(C(=O)OC(C)(C)C)C2)c1. The van der Waals surface area contributed by atoms with Crippen molar-refractivity contribution in [2.45, 2.75) is 52.3 Å². The van der Waals surface area contributed by atoms with Crippen LogP contribution in [0.5, 0.6) is 0 Å². The van der Waals surface area contributed by atoms with Crippen molar-refractivity contribution >= 4 is 6.09 Å². The second-order valence-corrected chi connectivity index (χ2v) is 6.88. The van der Waals surface area contributed by atoms with Gasteiger partial charge in [0.1, 0.15) is 5.60 Å². The fourth-order valence-electron chi connectivity index (χ4n) is 2.45. The van der Waals surface area contributed by atoms with E-state index >= 15 is 0 Å². The number of carbonyl (C=O) groups is 1. The Morgan fingerprint density at radius 2 is 2.05 bits per heavy atom. The molecule has 2 rings (SSSR count). The van der Waals surface area contributed by atoms with Gasteiger partial charge in [0.25, 0.3) is 0 Å². The Kier molecular flexibility index (Phi) is 4.57. The van der Waals surface area contributed by atoms with E-state index in [1.54, 1.807) is 4.90 Å². The number of amides is 1. The van der Waals surface area contributed by atoms with Crippen molar-refractivity contribution < 1.29 is 9.53 Å². The van der Waals surface area contributed by atoms with E-state index in [4.69, 9.17) is 4.74 Å². The number of hydrogen-bond donors (Lipinski definition) is 1. The molecule has 1 amide bonds. The second-order valence-electron chi connectivity index (χ2n) is 6.88. The number of nitrogens with one attached hydrogen (secondary N) is 1. The van der Waals surface area contributed by atoms with Crippen LogP contribution in [0.1, 0.15) is 44.9 Å². The van der Waals surface area contributed by atoms with E-state index in [2.05, 4.69) is 43.4 Å². The van der Waals surface area contributed by atoms with Gasteiger partial charge in [-0.05, 0) is 40.2 Å². The Morgan fingerprint density at radius 1 is 1.38 bits per heavy atom. The van der Waals surface area contributed by atoms with Crippen molar-refractivity contribution in [1.29, 1.82) is 0 Å². The molecular weight excluding hydrogens is 264 g/mol. The molecule has 1 aromatic rings. The third-order valence-corrected chi connectivity index (χ3v) is 3.56. The van der Waals surface area contributed by atoms with E-state index in [-0.39, 0.29) is 12.1 Å². The van der Waals surface area contributed by atoms with Crippen molar-refractivity contribution in [3.63, 3.8) is 0 Å². The van der Waals surface area contributed by atoms with Gasteiger partial charge < -0.3 is 15.0 Å². The molecule has 1 aliphatic rings. The van der Waals surface area contributed by atoms with E-state index in [1.165, 1.54) is 11.1 Å². The highest BCUT2D eigenvalue weighted by atomic mass is 16.6. The Morgan fingerprint density at radius 3 is 2.62 bits per heavy atom. The molecule has 0 aromatic heterocycles. The third-order valence-electron chi connectivity index (χ3n) is 3.56. The number of carbonyl (C=O) groups excluding carboxylic acids is 1. The average Bonchev–Trinajstić information content (AvgIpc) is 2.30. The van der Waals surface area contributed by atoms with E-state index in [0.717, 1.165) is 0 Å². The highest BCUT2D eigenvalue weighted by Gasteiger charge is 2.34. The highest BCUT2D eigenvalue weighted by molar-refractivity contribution is 5.69. The number of likely N-dealkylation sites (tertiary alicyclic amines) is 1. The van der Waals surface area contributed by atoms with Gasteiger partial charge in [0.15, 0.2) is 0 Å². The summed E-state index contributed by atoms with van der Waals surface area (Å²) in [7, 11) is 0. The molecule has 1 saturated heterocycles. The van der Waals surface area contributed by atoms with Crippen LogP contribution in [0.15, 0.2) is 24.3 Å². The molecule has 1 N–H and O–H groups in total. The van der Waals surface area contributed by atoms with Crippen LogP contribution in [-0.4, -0.2) is 35.7 Å². The van der Waals surface area contributed by atoms with Gasteiger partial charge in [-0.15, -0.1) is 0 Å². The summed E-state index contributed by atoms with van der Waals surface area (Å²) in [6.07, 6.45) is -0.219. The summed E-state index contributed by atoms with van der Waals surface area (Å²) < 4.78 is 5.35. The molecule has 1 aliphatic heterocycles. The summed E-state index contributed by atoms with van der Waals surface area (Å²) in [5.41, 5.74) is 2.13. The highest BCUT2D eigenvalue weighted by Crippen LogP contribution is 2.19. The Bertz CT molecular complexity index is 502. The number of benzene rings is 1. The van der Waals surface area contributed by atoms with E-state index in [0.29, 0.717) is 19.1 Å². The zero-order valence-electron chi connectivity index (χ0n) is 13.6. The molecule has 1 aromatic carbocycles. The molecule has 1 fully saturated rings. The fourth-order valence-corrected chi connectivity index (χ4v) is 2.45. The monoisotopic (exact) mass is 290 g/mol. The molecule has 0 radical (unpaired) electrons. The van der Waals surface area contributed by atoms with Crippen LogP contribution in [0.25, 0.3) is 0 Å². The second kappa shape index (κ2) is 6.06. The molecule has 116 valence electrons. The fraction of sp³-hybridized carbons (Fsp3) is 0.588. The van der Waals surface area contributed by atoms with Crippen LogP contribution < -0.4 is 5.32 Å². The third kappa shape index (κ3) is 4.46. The number of hydrogen-bond acceptors (Lipinski definition) is 3. The lowest BCUT2D eigenvalue weighted by Gasteiger charge is -2.41. The van der Waals surface area contributed by atoms with Gasteiger partial charge in [0.2, 0.25) is 0 Å². The lowest BCUT2D eigenvalue weighted by Crippen LogP contribution is -2.60. The van der Waals surface area contributed by atoms with Gasteiger partial charge in [-0.2, -0.15) is 0 Å². The number of nitrogens with zero attached hydrogens (tertiary/aromatic N) is 1. The Hall–Kier alpha value is -1.55. The summed E-state index contributed by atoms with van der Waals surface area (Å²) in [5, 5.41) is 3.56. The van der Waals surface area contributed by atoms with Crippen LogP contribution in [0.2, 0.25) is 0 Å². The van der Waals surface area contributed by atoms with Gasteiger partial charge in [-0.3, -0.25) is 0 Å². The molecule has 1 atom stereocenters. The predicted octanol–water partition coefficient (Wildman–Crippen LogP) is 3.26. The Labute approximate surface area is 127 Å². The lowest BCUT2D eigenvalue weighted by molar-refractivity contribution is 0.00434. The van der Waals surface area contributed by atoms with Crippen molar-refractivity contribution in [1.82, 2.24) is 10.2 Å². The summed E-state index contributed by atoms with van der Waals surface area (Å²) in [4.78, 5) is 13.6. The van der Waals surface area contributed by atoms with Gasteiger partial charge in [-0.25, -0.2) is 4.79 Å². The van der Waals surface area contributed by atoms with Crippen molar-refractivity contribution in [3.8, 4) is 0 Å².